The number of hydrogen-bond donors (Lipinski definition) is 0. The van der Waals surface area contributed by atoms with E-state index in [1.54, 1.807) is 41.0 Å². The second-order valence-corrected chi connectivity index (χ2v) is 7.94. The number of halogens is 2. The molecule has 0 fully saturated rings. The fourth-order valence-corrected chi connectivity index (χ4v) is 3.84. The maximum atomic E-state index is 13.4. The number of methoxy groups -OCH3 is 2. The van der Waals surface area contributed by atoms with Gasteiger partial charge in [-0.15, -0.1) is 0 Å². The Morgan fingerprint density at radius 2 is 1.57 bits per heavy atom. The van der Waals surface area contributed by atoms with Crippen LogP contribution in [-0.2, 0) is 6.54 Å². The van der Waals surface area contributed by atoms with Crippen molar-refractivity contribution in [2.24, 2.45) is 0 Å². The Kier molecular flexibility index (Phi) is 6.82. The lowest BCUT2D eigenvalue weighted by atomic mass is 10.0. The van der Waals surface area contributed by atoms with E-state index in [-0.39, 0.29) is 17.9 Å². The first kappa shape index (κ1) is 23.9. The van der Waals surface area contributed by atoms with Crippen LogP contribution in [0.3, 0.4) is 0 Å². The second kappa shape index (κ2) is 9.97. The van der Waals surface area contributed by atoms with Gasteiger partial charge in [-0.2, -0.15) is 8.78 Å². The van der Waals surface area contributed by atoms with Crippen LogP contribution < -0.4 is 19.6 Å². The number of aryl methyl sites for hydroxylation is 1. The lowest BCUT2D eigenvalue weighted by Gasteiger charge is -2.16. The number of hydrogen-bond acceptors (Lipinski definition) is 5. The summed E-state index contributed by atoms with van der Waals surface area (Å²) in [6.45, 7) is -0.745. The number of pyridine rings is 1. The highest BCUT2D eigenvalue weighted by atomic mass is 19.3. The SMILES string of the molecule is COc1cc2c(=O)c(C(=O)c3ccc(C)cc3)cn(Cc3ccc(OC(F)F)cc3)c2cc1OC. The van der Waals surface area contributed by atoms with E-state index in [0.29, 0.717) is 28.0 Å². The molecule has 0 saturated heterocycles. The first-order valence-electron chi connectivity index (χ1n) is 10.7. The molecule has 1 aromatic heterocycles. The van der Waals surface area contributed by atoms with E-state index in [1.165, 1.54) is 32.5 Å². The molecule has 0 saturated carbocycles. The van der Waals surface area contributed by atoms with Gasteiger partial charge < -0.3 is 18.8 Å². The highest BCUT2D eigenvalue weighted by Crippen LogP contribution is 2.31. The van der Waals surface area contributed by atoms with Crippen molar-refractivity contribution in [1.82, 2.24) is 4.57 Å². The molecule has 0 aliphatic heterocycles. The summed E-state index contributed by atoms with van der Waals surface area (Å²) in [7, 11) is 2.95. The number of carbonyl (C=O) groups is 1. The lowest BCUT2D eigenvalue weighted by Crippen LogP contribution is -2.20. The Morgan fingerprint density at radius 1 is 0.943 bits per heavy atom. The first-order valence-corrected chi connectivity index (χ1v) is 10.7. The monoisotopic (exact) mass is 479 g/mol. The molecule has 0 N–H and O–H groups in total. The van der Waals surface area contributed by atoms with Gasteiger partial charge >= 0.3 is 6.61 Å². The van der Waals surface area contributed by atoms with Crippen LogP contribution in [-0.4, -0.2) is 31.2 Å². The summed E-state index contributed by atoms with van der Waals surface area (Å²) in [6, 6.07) is 16.4. The number of aromatic nitrogens is 1. The van der Waals surface area contributed by atoms with Crippen LogP contribution in [0, 0.1) is 6.92 Å². The average molecular weight is 479 g/mol. The Hall–Kier alpha value is -4.20. The highest BCUT2D eigenvalue weighted by molar-refractivity contribution is 6.10. The maximum absolute atomic E-state index is 13.4. The van der Waals surface area contributed by atoms with Crippen LogP contribution in [0.2, 0.25) is 0 Å². The van der Waals surface area contributed by atoms with Crippen molar-refractivity contribution in [1.29, 1.82) is 0 Å². The standard InChI is InChI=1S/C27H23F2NO5/c1-16-4-8-18(9-5-16)25(31)21-15-30(14-17-6-10-19(11-7-17)35-27(28)29)22-13-24(34-3)23(33-2)12-20(22)26(21)32/h4-13,15,27H,14H2,1-3H3. The number of ether oxygens (including phenoxy) is 3. The zero-order chi connectivity index (χ0) is 25.1. The Morgan fingerprint density at radius 3 is 2.17 bits per heavy atom. The van der Waals surface area contributed by atoms with Crippen LogP contribution in [0.5, 0.6) is 17.2 Å². The third-order valence-electron chi connectivity index (χ3n) is 5.65. The van der Waals surface area contributed by atoms with Crippen molar-refractivity contribution in [3.8, 4) is 17.2 Å². The summed E-state index contributed by atoms with van der Waals surface area (Å²) in [5.41, 5.74) is 2.25. The van der Waals surface area contributed by atoms with E-state index >= 15 is 0 Å². The highest BCUT2D eigenvalue weighted by Gasteiger charge is 2.20. The smallest absolute Gasteiger partial charge is 0.387 e. The molecule has 35 heavy (non-hydrogen) atoms. The van der Waals surface area contributed by atoms with Crippen molar-refractivity contribution in [2.45, 2.75) is 20.1 Å². The zero-order valence-electron chi connectivity index (χ0n) is 19.4. The van der Waals surface area contributed by atoms with Crippen LogP contribution in [0.15, 0.2) is 71.7 Å². The first-order chi connectivity index (χ1) is 16.8. The van der Waals surface area contributed by atoms with E-state index in [0.717, 1.165) is 11.1 Å². The molecule has 0 unspecified atom stereocenters. The van der Waals surface area contributed by atoms with Gasteiger partial charge in [0.05, 0.1) is 30.7 Å². The van der Waals surface area contributed by atoms with Crippen LogP contribution in [0.25, 0.3) is 10.9 Å². The van der Waals surface area contributed by atoms with Gasteiger partial charge in [0.15, 0.2) is 17.3 Å². The number of carbonyl (C=O) groups excluding carboxylic acids is 1. The summed E-state index contributed by atoms with van der Waals surface area (Å²) < 4.78 is 41.9. The van der Waals surface area contributed by atoms with E-state index in [9.17, 15) is 18.4 Å². The number of benzene rings is 3. The summed E-state index contributed by atoms with van der Waals surface area (Å²) in [5.74, 6) is 0.416. The fourth-order valence-electron chi connectivity index (χ4n) is 3.84. The predicted octanol–water partition coefficient (Wildman–Crippen LogP) is 5.21. The van der Waals surface area contributed by atoms with Gasteiger partial charge in [0.2, 0.25) is 5.43 Å². The Balaban J connectivity index is 1.86. The van der Waals surface area contributed by atoms with Crippen molar-refractivity contribution < 1.29 is 27.8 Å². The van der Waals surface area contributed by atoms with Gasteiger partial charge in [-0.1, -0.05) is 42.0 Å². The molecule has 0 spiro atoms. The largest absolute Gasteiger partial charge is 0.493 e. The number of nitrogens with zero attached hydrogens (tertiary/aromatic N) is 1. The quantitative estimate of drug-likeness (QED) is 0.325. The molecular formula is C27H23F2NO5. The van der Waals surface area contributed by atoms with Crippen molar-refractivity contribution in [3.05, 3.63) is 99.3 Å². The average Bonchev–Trinajstić information content (AvgIpc) is 2.85. The molecule has 0 bridgehead atoms. The van der Waals surface area contributed by atoms with Crippen LogP contribution in [0.4, 0.5) is 8.78 Å². The molecular weight excluding hydrogens is 456 g/mol. The van der Waals surface area contributed by atoms with E-state index in [4.69, 9.17) is 9.47 Å². The van der Waals surface area contributed by atoms with Crippen molar-refractivity contribution >= 4 is 16.7 Å². The Labute approximate surface area is 200 Å². The summed E-state index contributed by atoms with van der Waals surface area (Å²) in [4.78, 5) is 26.7. The molecule has 0 atom stereocenters. The van der Waals surface area contributed by atoms with Crippen molar-refractivity contribution in [2.75, 3.05) is 14.2 Å². The normalized spacial score (nSPS) is 11.0. The van der Waals surface area contributed by atoms with Crippen LogP contribution in [0.1, 0.15) is 27.0 Å². The number of alkyl halides is 2. The number of fused-ring (bicyclic) bond motifs is 1. The topological polar surface area (TPSA) is 66.8 Å². The lowest BCUT2D eigenvalue weighted by molar-refractivity contribution is -0.0498. The maximum Gasteiger partial charge on any atom is 0.387 e. The van der Waals surface area contributed by atoms with E-state index < -0.39 is 17.8 Å². The van der Waals surface area contributed by atoms with Gasteiger partial charge in [0.25, 0.3) is 0 Å². The van der Waals surface area contributed by atoms with Crippen molar-refractivity contribution in [3.63, 3.8) is 0 Å². The minimum atomic E-state index is -2.92. The fraction of sp³-hybridized carbons (Fsp3) is 0.185. The van der Waals surface area contributed by atoms with E-state index in [1.807, 2.05) is 19.1 Å². The predicted molar refractivity (Wildman–Crippen MR) is 128 cm³/mol. The number of ketones is 1. The minimum absolute atomic E-state index is 0.00577. The molecule has 0 aliphatic rings. The van der Waals surface area contributed by atoms with Crippen LogP contribution >= 0.6 is 0 Å². The molecule has 6 nitrogen and oxygen atoms in total. The third kappa shape index (κ3) is 5.01. The summed E-state index contributed by atoms with van der Waals surface area (Å²) >= 11 is 0. The van der Waals surface area contributed by atoms with Gasteiger partial charge in [-0.3, -0.25) is 9.59 Å². The molecule has 0 radical (unpaired) electrons. The zero-order valence-corrected chi connectivity index (χ0v) is 19.4. The van der Waals surface area contributed by atoms with Gasteiger partial charge in [0.1, 0.15) is 5.75 Å². The third-order valence-corrected chi connectivity index (χ3v) is 5.65. The molecule has 0 amide bonds. The van der Waals surface area contributed by atoms with E-state index in [2.05, 4.69) is 4.74 Å². The molecule has 3 aromatic carbocycles. The minimum Gasteiger partial charge on any atom is -0.493 e. The van der Waals surface area contributed by atoms with Gasteiger partial charge in [0, 0.05) is 24.4 Å². The molecule has 8 heteroatoms. The molecule has 0 aliphatic carbocycles. The molecule has 1 heterocycles. The summed E-state index contributed by atoms with van der Waals surface area (Å²) in [6.07, 6.45) is 1.52. The molecule has 4 rings (SSSR count). The molecule has 180 valence electrons. The number of rotatable bonds is 8. The Bertz CT molecular complexity index is 1430. The second-order valence-electron chi connectivity index (χ2n) is 7.94. The molecule has 4 aromatic rings. The van der Waals surface area contributed by atoms with Gasteiger partial charge in [-0.25, -0.2) is 0 Å². The van der Waals surface area contributed by atoms with Gasteiger partial charge in [-0.05, 0) is 30.7 Å². The summed E-state index contributed by atoms with van der Waals surface area (Å²) in [5, 5.41) is 0.290.